The summed E-state index contributed by atoms with van der Waals surface area (Å²) in [6.45, 7) is 0. The summed E-state index contributed by atoms with van der Waals surface area (Å²) in [7, 11) is 0. The Morgan fingerprint density at radius 1 is 0.307 bits per heavy atom. The van der Waals surface area contributed by atoms with Gasteiger partial charge in [0, 0.05) is 56.3 Å². The van der Waals surface area contributed by atoms with E-state index in [1.54, 1.807) is 12.4 Å². The van der Waals surface area contributed by atoms with Gasteiger partial charge in [-0.2, -0.15) is 0 Å². The van der Waals surface area contributed by atoms with Gasteiger partial charge in [-0.05, 0) is 113 Å². The minimum absolute atomic E-state index is 0.459. The Labute approximate surface area is 430 Å². The minimum Gasteiger partial charge on any atom is -0.455 e. The molecule has 8 nitrogen and oxygen atoms in total. The Kier molecular flexibility index (Phi) is 9.71. The Morgan fingerprint density at radius 2 is 0.787 bits per heavy atom. The summed E-state index contributed by atoms with van der Waals surface area (Å²) in [6.07, 6.45) is 3.52. The highest BCUT2D eigenvalue weighted by Gasteiger charge is 2.27. The fraction of sp³-hybridized carbons (Fsp3) is 0. The molecule has 0 aliphatic carbocycles. The molecule has 0 spiro atoms. The molecule has 0 amide bonds. The number of rotatable bonds is 8. The molecule has 0 saturated heterocycles. The molecular formula is C67H41N7O. The molecule has 0 atom stereocenters. The lowest BCUT2D eigenvalue weighted by atomic mass is 9.92. The van der Waals surface area contributed by atoms with E-state index < -0.39 is 0 Å². The van der Waals surface area contributed by atoms with Gasteiger partial charge in [-0.25, -0.2) is 15.0 Å². The van der Waals surface area contributed by atoms with E-state index in [4.69, 9.17) is 19.4 Å². The summed E-state index contributed by atoms with van der Waals surface area (Å²) >= 11 is 0. The SMILES string of the molecule is c1ccc(-c2ccc3c(c2)c2c4oc5c(ccc6c5c5ccccc5n6-c5ccccc5)c4ccc2n3-c2c(-c3ccccc3)cc(-c3nc(-c4ccccn4)nc(-c4ccccn4)n3)cc2-c2ccccc2)cc1. The zero-order valence-corrected chi connectivity index (χ0v) is 40.2. The fourth-order valence-corrected chi connectivity index (χ4v) is 11.2. The topological polar surface area (TPSA) is 87.5 Å². The second-order valence-corrected chi connectivity index (χ2v) is 18.8. The highest BCUT2D eigenvalue weighted by atomic mass is 16.3. The van der Waals surface area contributed by atoms with E-state index in [1.807, 2.05) is 36.4 Å². The third-order valence-electron chi connectivity index (χ3n) is 14.5. The van der Waals surface area contributed by atoms with Crippen molar-refractivity contribution in [3.8, 4) is 79.2 Å². The smallest absolute Gasteiger partial charge is 0.182 e. The standard InChI is InChI=1S/C67H41N7O/c1-5-19-42(20-6-1)45-31-34-57-53(39-45)61-59(36-33-49-48-32-35-58-60(63(48)75-64(49)61)50-27-13-14-30-56(50)73(58)47-25-11-4-12-26-47)74(57)62-51(43-21-7-2-8-22-43)40-46(41-52(62)44-23-9-3-10-24-44)65-70-66(54-28-15-17-37-68-54)72-67(71-65)55-29-16-18-38-69-55/h1-41H. The molecule has 0 aliphatic rings. The first-order valence-corrected chi connectivity index (χ1v) is 25.1. The first-order chi connectivity index (χ1) is 37.2. The van der Waals surface area contributed by atoms with Crippen LogP contribution in [0, 0.1) is 0 Å². The van der Waals surface area contributed by atoms with Gasteiger partial charge >= 0.3 is 0 Å². The van der Waals surface area contributed by atoms with Gasteiger partial charge in [0.15, 0.2) is 17.5 Å². The van der Waals surface area contributed by atoms with Gasteiger partial charge in [0.05, 0.1) is 38.5 Å². The Hall–Kier alpha value is -10.3. The zero-order chi connectivity index (χ0) is 49.4. The average Bonchev–Trinajstić information content (AvgIpc) is 4.24. The second-order valence-electron chi connectivity index (χ2n) is 18.8. The van der Waals surface area contributed by atoms with Crippen molar-refractivity contribution in [2.45, 2.75) is 0 Å². The molecule has 0 fully saturated rings. The number of pyridine rings is 2. The molecule has 9 aromatic carbocycles. The Morgan fingerprint density at radius 3 is 1.37 bits per heavy atom. The molecule has 6 heterocycles. The lowest BCUT2D eigenvalue weighted by Crippen LogP contribution is -2.04. The average molecular weight is 960 g/mol. The van der Waals surface area contributed by atoms with Crippen molar-refractivity contribution >= 4 is 65.6 Å². The molecule has 15 aromatic rings. The van der Waals surface area contributed by atoms with E-state index in [0.29, 0.717) is 28.9 Å². The number of hydrogen-bond acceptors (Lipinski definition) is 6. The van der Waals surface area contributed by atoms with Gasteiger partial charge in [0.25, 0.3) is 0 Å². The van der Waals surface area contributed by atoms with Crippen LogP contribution in [0.2, 0.25) is 0 Å². The monoisotopic (exact) mass is 959 g/mol. The van der Waals surface area contributed by atoms with Crippen molar-refractivity contribution in [2.24, 2.45) is 0 Å². The van der Waals surface area contributed by atoms with Crippen LogP contribution in [0.15, 0.2) is 253 Å². The maximum absolute atomic E-state index is 7.48. The van der Waals surface area contributed by atoms with Crippen LogP contribution in [-0.4, -0.2) is 34.1 Å². The molecule has 0 saturated carbocycles. The van der Waals surface area contributed by atoms with Crippen molar-refractivity contribution in [2.75, 3.05) is 0 Å². The summed E-state index contributed by atoms with van der Waals surface area (Å²) in [6, 6.07) is 83.0. The van der Waals surface area contributed by atoms with Gasteiger partial charge in [-0.15, -0.1) is 0 Å². The van der Waals surface area contributed by atoms with Crippen molar-refractivity contribution < 1.29 is 4.42 Å². The van der Waals surface area contributed by atoms with Gasteiger partial charge in [-0.1, -0.05) is 146 Å². The normalized spacial score (nSPS) is 11.7. The van der Waals surface area contributed by atoms with Crippen LogP contribution in [0.1, 0.15) is 0 Å². The van der Waals surface area contributed by atoms with Gasteiger partial charge in [0.2, 0.25) is 0 Å². The van der Waals surface area contributed by atoms with E-state index in [-0.39, 0.29) is 0 Å². The maximum Gasteiger partial charge on any atom is 0.182 e. The first-order valence-electron chi connectivity index (χ1n) is 25.1. The van der Waals surface area contributed by atoms with Gasteiger partial charge in [-0.3, -0.25) is 9.97 Å². The minimum atomic E-state index is 0.459. The van der Waals surface area contributed by atoms with Crippen LogP contribution in [0.5, 0.6) is 0 Å². The number of aromatic nitrogens is 7. The van der Waals surface area contributed by atoms with Crippen molar-refractivity contribution in [3.05, 3.63) is 249 Å². The maximum atomic E-state index is 7.48. The third kappa shape index (κ3) is 6.88. The Balaban J connectivity index is 1.06. The van der Waals surface area contributed by atoms with Crippen LogP contribution in [-0.2, 0) is 0 Å². The quantitative estimate of drug-likeness (QED) is 0.151. The zero-order valence-electron chi connectivity index (χ0n) is 40.2. The van der Waals surface area contributed by atoms with Crippen LogP contribution in [0.4, 0.5) is 0 Å². The number of furan rings is 1. The largest absolute Gasteiger partial charge is 0.455 e. The van der Waals surface area contributed by atoms with E-state index in [0.717, 1.165) is 116 Å². The second kappa shape index (κ2) is 17.2. The van der Waals surface area contributed by atoms with Crippen LogP contribution < -0.4 is 0 Å². The molecule has 0 N–H and O–H groups in total. The first kappa shape index (κ1) is 42.4. The summed E-state index contributed by atoms with van der Waals surface area (Å²) in [4.78, 5) is 24.6. The number of benzene rings is 9. The van der Waals surface area contributed by atoms with E-state index in [1.165, 1.54) is 0 Å². The fourth-order valence-electron chi connectivity index (χ4n) is 11.2. The van der Waals surface area contributed by atoms with Crippen molar-refractivity contribution in [1.29, 1.82) is 0 Å². The molecule has 0 bridgehead atoms. The number of para-hydroxylation sites is 2. The lowest BCUT2D eigenvalue weighted by molar-refractivity contribution is 0.677. The molecule has 75 heavy (non-hydrogen) atoms. The molecule has 0 aliphatic heterocycles. The van der Waals surface area contributed by atoms with Crippen molar-refractivity contribution in [3.63, 3.8) is 0 Å². The predicted octanol–water partition coefficient (Wildman–Crippen LogP) is 16.8. The molecule has 8 heteroatoms. The Bertz CT molecular complexity index is 4550. The van der Waals surface area contributed by atoms with Crippen LogP contribution in [0.3, 0.4) is 0 Å². The highest BCUT2D eigenvalue weighted by molar-refractivity contribution is 6.29. The van der Waals surface area contributed by atoms with Crippen LogP contribution in [0.25, 0.3) is 145 Å². The lowest BCUT2D eigenvalue weighted by Gasteiger charge is -2.21. The van der Waals surface area contributed by atoms with Crippen molar-refractivity contribution in [1.82, 2.24) is 34.1 Å². The number of nitrogens with zero attached hydrogens (tertiary/aromatic N) is 7. The van der Waals surface area contributed by atoms with Gasteiger partial charge in [0.1, 0.15) is 22.6 Å². The van der Waals surface area contributed by atoms with Gasteiger partial charge < -0.3 is 13.6 Å². The van der Waals surface area contributed by atoms with Crippen LogP contribution >= 0.6 is 0 Å². The summed E-state index contributed by atoms with van der Waals surface area (Å²) in [5.41, 5.74) is 16.5. The number of fused-ring (bicyclic) bond motifs is 11. The van der Waals surface area contributed by atoms with E-state index >= 15 is 0 Å². The highest BCUT2D eigenvalue weighted by Crippen LogP contribution is 2.48. The molecule has 350 valence electrons. The van der Waals surface area contributed by atoms with E-state index in [9.17, 15) is 0 Å². The summed E-state index contributed by atoms with van der Waals surface area (Å²) in [5.74, 6) is 1.42. The molecule has 0 radical (unpaired) electrons. The molecule has 6 aromatic heterocycles. The van der Waals surface area contributed by atoms with E-state index in [2.05, 4.69) is 219 Å². The molecular weight excluding hydrogens is 919 g/mol. The molecule has 0 unspecified atom stereocenters. The summed E-state index contributed by atoms with van der Waals surface area (Å²) < 4.78 is 12.3. The number of hydrogen-bond donors (Lipinski definition) is 0. The molecule has 15 rings (SSSR count). The predicted molar refractivity (Wildman–Crippen MR) is 304 cm³/mol. The summed E-state index contributed by atoms with van der Waals surface area (Å²) in [5, 5.41) is 6.48. The third-order valence-corrected chi connectivity index (χ3v) is 14.5.